The normalized spacial score (nSPS) is 14.0. The highest BCUT2D eigenvalue weighted by Gasteiger charge is 2.34. The molecule has 0 aliphatic rings. The minimum absolute atomic E-state index is 0.312. The van der Waals surface area contributed by atoms with Crippen molar-refractivity contribution in [3.8, 4) is 0 Å². The van der Waals surface area contributed by atoms with Gasteiger partial charge in [0.2, 0.25) is 0 Å². The highest BCUT2D eigenvalue weighted by molar-refractivity contribution is 5.86. The average Bonchev–Trinajstić information content (AvgIpc) is 2.59. The summed E-state index contributed by atoms with van der Waals surface area (Å²) in [5.41, 5.74) is 2.25. The predicted molar refractivity (Wildman–Crippen MR) is 113 cm³/mol. The molecule has 0 N–H and O–H groups in total. The Morgan fingerprint density at radius 1 is 0.840 bits per heavy atom. The molecule has 0 aliphatic carbocycles. The van der Waals surface area contributed by atoms with Crippen LogP contribution in [0.3, 0.4) is 0 Å². The number of rotatable bonds is 9. The molecule has 1 atom stereocenters. The molecule has 0 aliphatic heterocycles. The maximum Gasteiger partial charge on any atom is -0.00995 e. The van der Waals surface area contributed by atoms with Crippen molar-refractivity contribution in [2.45, 2.75) is 86.0 Å². The molecule has 1 unspecified atom stereocenters. The molecule has 2 aromatic carbocycles. The molecule has 2 aromatic rings. The highest BCUT2D eigenvalue weighted by Crippen LogP contribution is 2.48. The summed E-state index contributed by atoms with van der Waals surface area (Å²) < 4.78 is 0. The van der Waals surface area contributed by atoms with Crippen LogP contribution in [0.2, 0.25) is 0 Å². The van der Waals surface area contributed by atoms with E-state index in [0.717, 1.165) is 0 Å². The first-order valence-electron chi connectivity index (χ1n) is 10.3. The topological polar surface area (TPSA) is 0 Å². The van der Waals surface area contributed by atoms with E-state index in [4.69, 9.17) is 0 Å². The summed E-state index contributed by atoms with van der Waals surface area (Å²) in [5, 5.41) is 2.82. The van der Waals surface area contributed by atoms with Gasteiger partial charge in [0.1, 0.15) is 0 Å². The lowest BCUT2D eigenvalue weighted by molar-refractivity contribution is 0.181. The minimum atomic E-state index is 0.312. The largest absolute Gasteiger partial charge is 0.0654 e. The first kappa shape index (κ1) is 20.0. The monoisotopic (exact) mass is 338 g/mol. The molecule has 2 rings (SSSR count). The SMILES string of the molecule is CCCCCC(C)(C)CC(c1cccc2ccccc12)C(C)(C)CC. The van der Waals surface area contributed by atoms with Gasteiger partial charge < -0.3 is 0 Å². The van der Waals surface area contributed by atoms with Gasteiger partial charge in [0.05, 0.1) is 0 Å². The molecule has 0 amide bonds. The molecule has 138 valence electrons. The second-order valence-corrected chi connectivity index (χ2v) is 9.29. The van der Waals surface area contributed by atoms with Crippen LogP contribution in [0, 0.1) is 10.8 Å². The fourth-order valence-electron chi connectivity index (χ4n) is 4.12. The van der Waals surface area contributed by atoms with Crippen LogP contribution in [0.5, 0.6) is 0 Å². The molecule has 0 fully saturated rings. The lowest BCUT2D eigenvalue weighted by Crippen LogP contribution is -2.27. The Labute approximate surface area is 156 Å². The van der Waals surface area contributed by atoms with Crippen LogP contribution >= 0.6 is 0 Å². The van der Waals surface area contributed by atoms with Gasteiger partial charge in [-0.1, -0.05) is 110 Å². The van der Waals surface area contributed by atoms with Crippen molar-refractivity contribution < 1.29 is 0 Å². The average molecular weight is 339 g/mol. The van der Waals surface area contributed by atoms with Crippen molar-refractivity contribution in [3.63, 3.8) is 0 Å². The number of hydrogen-bond donors (Lipinski definition) is 0. The molecule has 0 saturated carbocycles. The molecule has 0 heteroatoms. The molecular formula is C25H38. The summed E-state index contributed by atoms with van der Waals surface area (Å²) >= 11 is 0. The van der Waals surface area contributed by atoms with Crippen LogP contribution in [0.25, 0.3) is 10.8 Å². The van der Waals surface area contributed by atoms with E-state index >= 15 is 0 Å². The first-order valence-corrected chi connectivity index (χ1v) is 10.3. The van der Waals surface area contributed by atoms with Crippen LogP contribution in [0.4, 0.5) is 0 Å². The van der Waals surface area contributed by atoms with E-state index in [1.807, 2.05) is 0 Å². The predicted octanol–water partition coefficient (Wildman–Crippen LogP) is 8.36. The zero-order chi connectivity index (χ0) is 18.5. The van der Waals surface area contributed by atoms with Crippen LogP contribution < -0.4 is 0 Å². The summed E-state index contributed by atoms with van der Waals surface area (Å²) in [7, 11) is 0. The van der Waals surface area contributed by atoms with Crippen molar-refractivity contribution in [3.05, 3.63) is 48.0 Å². The zero-order valence-electron chi connectivity index (χ0n) is 17.4. The molecule has 0 spiro atoms. The van der Waals surface area contributed by atoms with Crippen LogP contribution in [-0.2, 0) is 0 Å². The maximum absolute atomic E-state index is 2.48. The Morgan fingerprint density at radius 2 is 1.52 bits per heavy atom. The van der Waals surface area contributed by atoms with Crippen LogP contribution in [0.15, 0.2) is 42.5 Å². The number of hydrogen-bond acceptors (Lipinski definition) is 0. The van der Waals surface area contributed by atoms with Gasteiger partial charge in [-0.15, -0.1) is 0 Å². The van der Waals surface area contributed by atoms with Gasteiger partial charge in [-0.05, 0) is 45.9 Å². The quantitative estimate of drug-likeness (QED) is 0.403. The standard InChI is InChI=1S/C25H38/c1-7-9-12-18-24(3,4)19-23(25(5,6)8-2)22-17-13-15-20-14-10-11-16-21(20)22/h10-11,13-17,23H,7-9,12,18-19H2,1-6H3. The van der Waals surface area contributed by atoms with Crippen LogP contribution in [0.1, 0.15) is 91.5 Å². The lowest BCUT2D eigenvalue weighted by atomic mass is 9.65. The zero-order valence-corrected chi connectivity index (χ0v) is 17.4. The maximum atomic E-state index is 2.48. The minimum Gasteiger partial charge on any atom is -0.0654 e. The summed E-state index contributed by atoms with van der Waals surface area (Å²) in [6, 6.07) is 15.8. The lowest BCUT2D eigenvalue weighted by Gasteiger charge is -2.40. The fourth-order valence-corrected chi connectivity index (χ4v) is 4.12. The third-order valence-corrected chi connectivity index (χ3v) is 6.27. The summed E-state index contributed by atoms with van der Waals surface area (Å²) in [4.78, 5) is 0. The molecule has 0 radical (unpaired) electrons. The molecule has 0 heterocycles. The van der Waals surface area contributed by atoms with E-state index in [2.05, 4.69) is 84.0 Å². The first-order chi connectivity index (χ1) is 11.8. The van der Waals surface area contributed by atoms with E-state index < -0.39 is 0 Å². The summed E-state index contributed by atoms with van der Waals surface area (Å²) in [6.07, 6.45) is 7.85. The van der Waals surface area contributed by atoms with E-state index in [0.29, 0.717) is 16.7 Å². The third-order valence-electron chi connectivity index (χ3n) is 6.27. The second-order valence-electron chi connectivity index (χ2n) is 9.29. The van der Waals surface area contributed by atoms with E-state index in [1.54, 1.807) is 5.56 Å². The van der Waals surface area contributed by atoms with Crippen molar-refractivity contribution in [2.75, 3.05) is 0 Å². The van der Waals surface area contributed by atoms with Gasteiger partial charge in [-0.25, -0.2) is 0 Å². The molecule has 0 aromatic heterocycles. The Hall–Kier alpha value is -1.30. The van der Waals surface area contributed by atoms with Crippen molar-refractivity contribution in [1.82, 2.24) is 0 Å². The van der Waals surface area contributed by atoms with Gasteiger partial charge in [0, 0.05) is 0 Å². The van der Waals surface area contributed by atoms with E-state index in [1.165, 1.54) is 49.3 Å². The highest BCUT2D eigenvalue weighted by atomic mass is 14.4. The van der Waals surface area contributed by atoms with Gasteiger partial charge in [0.25, 0.3) is 0 Å². The Morgan fingerprint density at radius 3 is 2.20 bits per heavy atom. The summed E-state index contributed by atoms with van der Waals surface area (Å²) in [6.45, 7) is 14.5. The number of benzene rings is 2. The van der Waals surface area contributed by atoms with E-state index in [9.17, 15) is 0 Å². The number of unbranched alkanes of at least 4 members (excludes halogenated alkanes) is 2. The van der Waals surface area contributed by atoms with Gasteiger partial charge in [-0.2, -0.15) is 0 Å². The van der Waals surface area contributed by atoms with Crippen molar-refractivity contribution in [1.29, 1.82) is 0 Å². The van der Waals surface area contributed by atoms with Crippen molar-refractivity contribution in [2.24, 2.45) is 10.8 Å². The fraction of sp³-hybridized carbons (Fsp3) is 0.600. The molecule has 0 nitrogen and oxygen atoms in total. The second kappa shape index (κ2) is 8.39. The molecule has 0 saturated heterocycles. The molecule has 25 heavy (non-hydrogen) atoms. The smallest absolute Gasteiger partial charge is 0.00995 e. The van der Waals surface area contributed by atoms with Gasteiger partial charge in [-0.3, -0.25) is 0 Å². The Balaban J connectivity index is 2.39. The Kier molecular flexibility index (Phi) is 6.72. The third kappa shape index (κ3) is 5.09. The van der Waals surface area contributed by atoms with Gasteiger partial charge in [0.15, 0.2) is 0 Å². The molecular weight excluding hydrogens is 300 g/mol. The van der Waals surface area contributed by atoms with Crippen LogP contribution in [-0.4, -0.2) is 0 Å². The Bertz CT molecular complexity index is 657. The van der Waals surface area contributed by atoms with Gasteiger partial charge >= 0.3 is 0 Å². The van der Waals surface area contributed by atoms with Crippen molar-refractivity contribution >= 4 is 10.8 Å². The number of fused-ring (bicyclic) bond motifs is 1. The van der Waals surface area contributed by atoms with E-state index in [-0.39, 0.29) is 0 Å². The molecule has 0 bridgehead atoms. The summed E-state index contributed by atoms with van der Waals surface area (Å²) in [5.74, 6) is 0.597.